The van der Waals surface area contributed by atoms with Crippen molar-refractivity contribution in [3.63, 3.8) is 0 Å². The van der Waals surface area contributed by atoms with Gasteiger partial charge in [0.25, 0.3) is 0 Å². The molecule has 1 aromatic rings. The minimum absolute atomic E-state index is 0.0589. The Morgan fingerprint density at radius 3 is 2.65 bits per heavy atom. The van der Waals surface area contributed by atoms with Crippen LogP contribution in [0, 0.1) is 0 Å². The molecular weight excluding hydrogens is 248 g/mol. The number of hydrogen-bond donors (Lipinski definition) is 2. The molecule has 0 unspecified atom stereocenters. The van der Waals surface area contributed by atoms with E-state index in [9.17, 15) is 0 Å². The van der Waals surface area contributed by atoms with Crippen molar-refractivity contribution in [2.45, 2.75) is 32.9 Å². The summed E-state index contributed by atoms with van der Waals surface area (Å²) in [5.74, 6) is 0.491. The van der Waals surface area contributed by atoms with Crippen molar-refractivity contribution >= 4 is 11.6 Å². The van der Waals surface area contributed by atoms with Crippen LogP contribution < -0.4 is 16.0 Å². The first-order valence-electron chi connectivity index (χ1n) is 7.01. The van der Waals surface area contributed by atoms with Crippen LogP contribution in [-0.2, 0) is 6.54 Å². The fraction of sp³-hybridized carbons (Fsp3) is 0.438. The van der Waals surface area contributed by atoms with Gasteiger partial charge in [-0.1, -0.05) is 24.3 Å². The zero-order valence-electron chi connectivity index (χ0n) is 12.6. The minimum atomic E-state index is -0.0589. The van der Waals surface area contributed by atoms with Crippen LogP contribution in [0.15, 0.2) is 41.4 Å². The van der Waals surface area contributed by atoms with Crippen LogP contribution in [-0.4, -0.2) is 24.6 Å². The van der Waals surface area contributed by atoms with Gasteiger partial charge in [0, 0.05) is 24.3 Å². The SMILES string of the molecule is CC(C)(C)NC(N)=NCc1cccc(N2CC=CC2)c1. The van der Waals surface area contributed by atoms with E-state index >= 15 is 0 Å². The fourth-order valence-electron chi connectivity index (χ4n) is 2.14. The number of anilines is 1. The summed E-state index contributed by atoms with van der Waals surface area (Å²) in [5.41, 5.74) is 8.24. The number of guanidine groups is 1. The Morgan fingerprint density at radius 2 is 2.00 bits per heavy atom. The van der Waals surface area contributed by atoms with Crippen molar-refractivity contribution in [1.29, 1.82) is 0 Å². The Labute approximate surface area is 121 Å². The molecule has 2 rings (SSSR count). The molecule has 1 aliphatic rings. The van der Waals surface area contributed by atoms with E-state index in [1.165, 1.54) is 11.3 Å². The van der Waals surface area contributed by atoms with Gasteiger partial charge in [0.15, 0.2) is 5.96 Å². The van der Waals surface area contributed by atoms with Crippen LogP contribution in [0.25, 0.3) is 0 Å². The molecule has 0 radical (unpaired) electrons. The van der Waals surface area contributed by atoms with Crippen molar-refractivity contribution < 1.29 is 0 Å². The molecule has 0 saturated heterocycles. The summed E-state index contributed by atoms with van der Waals surface area (Å²) >= 11 is 0. The third kappa shape index (κ3) is 4.30. The first kappa shape index (κ1) is 14.4. The van der Waals surface area contributed by atoms with E-state index in [-0.39, 0.29) is 5.54 Å². The molecular formula is C16H24N4. The molecule has 0 bridgehead atoms. The molecule has 0 amide bonds. The molecule has 0 atom stereocenters. The first-order valence-corrected chi connectivity index (χ1v) is 7.01. The maximum absolute atomic E-state index is 5.89. The van der Waals surface area contributed by atoms with Crippen molar-refractivity contribution in [2.75, 3.05) is 18.0 Å². The van der Waals surface area contributed by atoms with Gasteiger partial charge in [-0.3, -0.25) is 0 Å². The Morgan fingerprint density at radius 1 is 1.30 bits per heavy atom. The predicted octanol–water partition coefficient (Wildman–Crippen LogP) is 2.27. The van der Waals surface area contributed by atoms with Gasteiger partial charge in [0.05, 0.1) is 6.54 Å². The number of nitrogens with zero attached hydrogens (tertiary/aromatic N) is 2. The van der Waals surface area contributed by atoms with Crippen molar-refractivity contribution in [1.82, 2.24) is 5.32 Å². The molecule has 1 heterocycles. The Hall–Kier alpha value is -1.97. The zero-order valence-corrected chi connectivity index (χ0v) is 12.6. The monoisotopic (exact) mass is 272 g/mol. The number of nitrogens with one attached hydrogen (secondary N) is 1. The predicted molar refractivity (Wildman–Crippen MR) is 86.0 cm³/mol. The van der Waals surface area contributed by atoms with E-state index in [0.717, 1.165) is 13.1 Å². The Bertz CT molecular complexity index is 503. The summed E-state index contributed by atoms with van der Waals surface area (Å²) in [6.45, 7) is 8.77. The zero-order chi connectivity index (χ0) is 14.6. The highest BCUT2D eigenvalue weighted by molar-refractivity contribution is 5.78. The molecule has 0 aromatic heterocycles. The molecule has 1 aliphatic heterocycles. The van der Waals surface area contributed by atoms with E-state index in [4.69, 9.17) is 5.73 Å². The summed E-state index contributed by atoms with van der Waals surface area (Å²) in [6, 6.07) is 8.48. The summed E-state index contributed by atoms with van der Waals surface area (Å²) in [6.07, 6.45) is 4.38. The maximum atomic E-state index is 5.89. The summed E-state index contributed by atoms with van der Waals surface area (Å²) in [7, 11) is 0. The standard InChI is InChI=1S/C16H24N4/c1-16(2,3)19-15(17)18-12-13-7-6-8-14(11-13)20-9-4-5-10-20/h4-8,11H,9-10,12H2,1-3H3,(H3,17,18,19). The fourth-order valence-corrected chi connectivity index (χ4v) is 2.14. The number of rotatable bonds is 3. The van der Waals surface area contributed by atoms with E-state index < -0.39 is 0 Å². The van der Waals surface area contributed by atoms with E-state index in [2.05, 4.69) is 72.4 Å². The van der Waals surface area contributed by atoms with Crippen LogP contribution in [0.1, 0.15) is 26.3 Å². The molecule has 20 heavy (non-hydrogen) atoms. The van der Waals surface area contributed by atoms with Crippen molar-refractivity contribution in [3.8, 4) is 0 Å². The lowest BCUT2D eigenvalue weighted by Crippen LogP contribution is -2.44. The third-order valence-electron chi connectivity index (χ3n) is 3.03. The lowest BCUT2D eigenvalue weighted by atomic mass is 10.1. The molecule has 0 saturated carbocycles. The quantitative estimate of drug-likeness (QED) is 0.504. The third-order valence-corrected chi connectivity index (χ3v) is 3.03. The average Bonchev–Trinajstić information content (AvgIpc) is 2.88. The summed E-state index contributed by atoms with van der Waals surface area (Å²) in [4.78, 5) is 6.72. The van der Waals surface area contributed by atoms with Gasteiger partial charge in [-0.25, -0.2) is 4.99 Å². The normalized spacial score (nSPS) is 15.8. The second-order valence-electron chi connectivity index (χ2n) is 6.12. The smallest absolute Gasteiger partial charge is 0.189 e. The van der Waals surface area contributed by atoms with Crippen LogP contribution >= 0.6 is 0 Å². The van der Waals surface area contributed by atoms with E-state index in [0.29, 0.717) is 12.5 Å². The second kappa shape index (κ2) is 5.99. The Kier molecular flexibility index (Phi) is 4.32. The lowest BCUT2D eigenvalue weighted by Gasteiger charge is -2.21. The van der Waals surface area contributed by atoms with Crippen LogP contribution in [0.5, 0.6) is 0 Å². The maximum Gasteiger partial charge on any atom is 0.189 e. The number of aliphatic imine (C=N–C) groups is 1. The largest absolute Gasteiger partial charge is 0.370 e. The molecule has 0 fully saturated rings. The van der Waals surface area contributed by atoms with Crippen LogP contribution in [0.2, 0.25) is 0 Å². The molecule has 0 spiro atoms. The molecule has 108 valence electrons. The molecule has 4 heteroatoms. The van der Waals surface area contributed by atoms with E-state index in [1.54, 1.807) is 0 Å². The molecule has 0 aliphatic carbocycles. The van der Waals surface area contributed by atoms with Gasteiger partial charge < -0.3 is 16.0 Å². The summed E-state index contributed by atoms with van der Waals surface area (Å²) < 4.78 is 0. The first-order chi connectivity index (χ1) is 9.44. The van der Waals surface area contributed by atoms with Crippen molar-refractivity contribution in [3.05, 3.63) is 42.0 Å². The second-order valence-corrected chi connectivity index (χ2v) is 6.12. The van der Waals surface area contributed by atoms with Gasteiger partial charge in [-0.15, -0.1) is 0 Å². The molecule has 3 N–H and O–H groups in total. The van der Waals surface area contributed by atoms with Crippen LogP contribution in [0.3, 0.4) is 0 Å². The van der Waals surface area contributed by atoms with Crippen LogP contribution in [0.4, 0.5) is 5.69 Å². The average molecular weight is 272 g/mol. The minimum Gasteiger partial charge on any atom is -0.370 e. The highest BCUT2D eigenvalue weighted by Gasteiger charge is 2.10. The van der Waals surface area contributed by atoms with Gasteiger partial charge in [0.2, 0.25) is 0 Å². The van der Waals surface area contributed by atoms with Gasteiger partial charge in [-0.2, -0.15) is 0 Å². The van der Waals surface area contributed by atoms with Gasteiger partial charge in [-0.05, 0) is 38.5 Å². The molecule has 1 aromatic carbocycles. The van der Waals surface area contributed by atoms with Gasteiger partial charge in [0.1, 0.15) is 0 Å². The summed E-state index contributed by atoms with van der Waals surface area (Å²) in [5, 5.41) is 3.17. The number of hydrogen-bond acceptors (Lipinski definition) is 2. The van der Waals surface area contributed by atoms with Crippen molar-refractivity contribution in [2.24, 2.45) is 10.7 Å². The highest BCUT2D eigenvalue weighted by atomic mass is 15.1. The lowest BCUT2D eigenvalue weighted by molar-refractivity contribution is 0.508. The van der Waals surface area contributed by atoms with E-state index in [1.807, 2.05) is 0 Å². The molecule has 4 nitrogen and oxygen atoms in total. The number of benzene rings is 1. The number of nitrogens with two attached hydrogens (primary N) is 1. The topological polar surface area (TPSA) is 53.6 Å². The highest BCUT2D eigenvalue weighted by Crippen LogP contribution is 2.18. The van der Waals surface area contributed by atoms with Gasteiger partial charge >= 0.3 is 0 Å². The Balaban J connectivity index is 1.99.